The van der Waals surface area contributed by atoms with Gasteiger partial charge in [0, 0.05) is 17.7 Å². The van der Waals surface area contributed by atoms with Crippen molar-refractivity contribution < 1.29 is 13.5 Å². The van der Waals surface area contributed by atoms with Gasteiger partial charge >= 0.3 is 0 Å². The van der Waals surface area contributed by atoms with Crippen molar-refractivity contribution in [2.75, 3.05) is 5.73 Å². The standard InChI is InChI=1S/C14H11F2N3O/c15-9-2-1-8(11(16)5-9)7-20-10-3-4-12-13(6-10)19-14(17)18-12/h1-6H,7H2,(H3,17,18,19). The molecule has 0 spiro atoms. The molecule has 0 unspecified atom stereocenters. The van der Waals surface area contributed by atoms with E-state index < -0.39 is 11.6 Å². The van der Waals surface area contributed by atoms with E-state index in [1.165, 1.54) is 12.1 Å². The number of benzene rings is 2. The number of nitrogen functional groups attached to an aromatic ring is 1. The molecule has 1 heterocycles. The third-order valence-corrected chi connectivity index (χ3v) is 2.88. The van der Waals surface area contributed by atoms with Gasteiger partial charge in [-0.25, -0.2) is 13.8 Å². The molecular weight excluding hydrogens is 264 g/mol. The normalized spacial score (nSPS) is 10.9. The van der Waals surface area contributed by atoms with Gasteiger partial charge < -0.3 is 15.5 Å². The van der Waals surface area contributed by atoms with Gasteiger partial charge in [-0.1, -0.05) is 0 Å². The molecule has 0 saturated carbocycles. The first-order valence-corrected chi connectivity index (χ1v) is 5.94. The highest BCUT2D eigenvalue weighted by atomic mass is 19.1. The molecule has 3 rings (SSSR count). The highest BCUT2D eigenvalue weighted by molar-refractivity contribution is 5.78. The van der Waals surface area contributed by atoms with Gasteiger partial charge in [-0.3, -0.25) is 0 Å². The molecule has 2 aromatic carbocycles. The zero-order valence-corrected chi connectivity index (χ0v) is 10.4. The van der Waals surface area contributed by atoms with Gasteiger partial charge in [0.1, 0.15) is 24.0 Å². The number of rotatable bonds is 3. The molecule has 4 nitrogen and oxygen atoms in total. The maximum Gasteiger partial charge on any atom is 0.198 e. The topological polar surface area (TPSA) is 63.9 Å². The van der Waals surface area contributed by atoms with Crippen LogP contribution in [0.15, 0.2) is 36.4 Å². The van der Waals surface area contributed by atoms with E-state index >= 15 is 0 Å². The van der Waals surface area contributed by atoms with Crippen molar-refractivity contribution in [2.24, 2.45) is 0 Å². The second-order valence-electron chi connectivity index (χ2n) is 4.33. The summed E-state index contributed by atoms with van der Waals surface area (Å²) in [6.07, 6.45) is 0. The summed E-state index contributed by atoms with van der Waals surface area (Å²) in [5.74, 6) is -0.385. The summed E-state index contributed by atoms with van der Waals surface area (Å²) in [5.41, 5.74) is 7.29. The number of nitrogens with two attached hydrogens (primary N) is 1. The lowest BCUT2D eigenvalue weighted by atomic mass is 10.2. The molecule has 6 heteroatoms. The zero-order valence-electron chi connectivity index (χ0n) is 10.4. The summed E-state index contributed by atoms with van der Waals surface area (Å²) >= 11 is 0. The average molecular weight is 275 g/mol. The second-order valence-corrected chi connectivity index (χ2v) is 4.33. The fraction of sp³-hybridized carbons (Fsp3) is 0.0714. The number of anilines is 1. The molecule has 0 radical (unpaired) electrons. The van der Waals surface area contributed by atoms with Crippen LogP contribution in [0.25, 0.3) is 11.0 Å². The molecule has 3 aromatic rings. The van der Waals surface area contributed by atoms with Crippen molar-refractivity contribution in [3.8, 4) is 5.75 Å². The number of fused-ring (bicyclic) bond motifs is 1. The number of nitrogens with zero attached hydrogens (tertiary/aromatic N) is 1. The van der Waals surface area contributed by atoms with E-state index in [-0.39, 0.29) is 12.2 Å². The van der Waals surface area contributed by atoms with Crippen LogP contribution >= 0.6 is 0 Å². The van der Waals surface area contributed by atoms with E-state index in [4.69, 9.17) is 10.5 Å². The van der Waals surface area contributed by atoms with Gasteiger partial charge in [-0.05, 0) is 24.3 Å². The second kappa shape index (κ2) is 4.80. The summed E-state index contributed by atoms with van der Waals surface area (Å²) in [6.45, 7) is 0.0114. The highest BCUT2D eigenvalue weighted by Gasteiger charge is 2.06. The first-order chi connectivity index (χ1) is 9.61. The lowest BCUT2D eigenvalue weighted by Gasteiger charge is -2.07. The van der Waals surface area contributed by atoms with Crippen LogP contribution < -0.4 is 10.5 Å². The number of hydrogen-bond donors (Lipinski definition) is 2. The number of hydrogen-bond acceptors (Lipinski definition) is 3. The molecule has 3 N–H and O–H groups in total. The van der Waals surface area contributed by atoms with E-state index in [2.05, 4.69) is 9.97 Å². The monoisotopic (exact) mass is 275 g/mol. The Morgan fingerprint density at radius 1 is 1.15 bits per heavy atom. The lowest BCUT2D eigenvalue weighted by molar-refractivity contribution is 0.300. The van der Waals surface area contributed by atoms with Crippen molar-refractivity contribution in [1.82, 2.24) is 9.97 Å². The predicted molar refractivity (Wildman–Crippen MR) is 71.2 cm³/mol. The molecule has 0 saturated heterocycles. The molecule has 0 aliphatic rings. The highest BCUT2D eigenvalue weighted by Crippen LogP contribution is 2.21. The van der Waals surface area contributed by atoms with Crippen molar-refractivity contribution in [3.63, 3.8) is 0 Å². The maximum absolute atomic E-state index is 13.5. The minimum atomic E-state index is -0.630. The number of ether oxygens (including phenoxy) is 1. The molecular formula is C14H11F2N3O. The minimum absolute atomic E-state index is 0.0114. The Balaban J connectivity index is 1.79. The molecule has 0 atom stereocenters. The summed E-state index contributed by atoms with van der Waals surface area (Å²) < 4.78 is 31.7. The SMILES string of the molecule is Nc1nc2cc(OCc3ccc(F)cc3F)ccc2[nH]1. The average Bonchev–Trinajstić information content (AvgIpc) is 2.77. The largest absolute Gasteiger partial charge is 0.489 e. The van der Waals surface area contributed by atoms with E-state index in [1.54, 1.807) is 18.2 Å². The number of nitrogens with one attached hydrogen (secondary N) is 1. The van der Waals surface area contributed by atoms with Crippen molar-refractivity contribution in [1.29, 1.82) is 0 Å². The Kier molecular flexibility index (Phi) is 2.98. The van der Waals surface area contributed by atoms with Gasteiger partial charge in [-0.2, -0.15) is 0 Å². The Hall–Kier alpha value is -2.63. The fourth-order valence-corrected chi connectivity index (χ4v) is 1.89. The summed E-state index contributed by atoms with van der Waals surface area (Å²) in [4.78, 5) is 6.96. The van der Waals surface area contributed by atoms with Gasteiger partial charge in [0.05, 0.1) is 11.0 Å². The molecule has 0 bridgehead atoms. The molecule has 0 aliphatic carbocycles. The van der Waals surface area contributed by atoms with Gasteiger partial charge in [0.2, 0.25) is 0 Å². The quantitative estimate of drug-likeness (QED) is 0.772. The Morgan fingerprint density at radius 3 is 2.80 bits per heavy atom. The number of imidazole rings is 1. The van der Waals surface area contributed by atoms with E-state index in [9.17, 15) is 8.78 Å². The van der Waals surface area contributed by atoms with Crippen LogP contribution in [0.5, 0.6) is 5.75 Å². The van der Waals surface area contributed by atoms with Crippen LogP contribution in [0.1, 0.15) is 5.56 Å². The Labute approximate surface area is 113 Å². The number of aromatic nitrogens is 2. The number of aromatic amines is 1. The lowest BCUT2D eigenvalue weighted by Crippen LogP contribution is -1.99. The van der Waals surface area contributed by atoms with E-state index in [0.717, 1.165) is 11.6 Å². The zero-order chi connectivity index (χ0) is 14.1. The van der Waals surface area contributed by atoms with Crippen LogP contribution in [0.3, 0.4) is 0 Å². The van der Waals surface area contributed by atoms with Crippen LogP contribution in [0.2, 0.25) is 0 Å². The number of H-pyrrole nitrogens is 1. The molecule has 20 heavy (non-hydrogen) atoms. The van der Waals surface area contributed by atoms with Crippen molar-refractivity contribution in [2.45, 2.75) is 6.61 Å². The smallest absolute Gasteiger partial charge is 0.198 e. The summed E-state index contributed by atoms with van der Waals surface area (Å²) in [5, 5.41) is 0. The fourth-order valence-electron chi connectivity index (χ4n) is 1.89. The van der Waals surface area contributed by atoms with Gasteiger partial charge in [0.25, 0.3) is 0 Å². The third kappa shape index (κ3) is 2.40. The summed E-state index contributed by atoms with van der Waals surface area (Å²) in [6, 6.07) is 8.57. The van der Waals surface area contributed by atoms with E-state index in [1.807, 2.05) is 0 Å². The molecule has 1 aromatic heterocycles. The van der Waals surface area contributed by atoms with Gasteiger partial charge in [-0.15, -0.1) is 0 Å². The third-order valence-electron chi connectivity index (χ3n) is 2.88. The Morgan fingerprint density at radius 2 is 2.00 bits per heavy atom. The first-order valence-electron chi connectivity index (χ1n) is 5.94. The minimum Gasteiger partial charge on any atom is -0.489 e. The first kappa shape index (κ1) is 12.4. The van der Waals surface area contributed by atoms with E-state index in [0.29, 0.717) is 17.2 Å². The number of halogens is 2. The van der Waals surface area contributed by atoms with Crippen molar-refractivity contribution >= 4 is 17.0 Å². The van der Waals surface area contributed by atoms with Crippen LogP contribution in [0.4, 0.5) is 14.7 Å². The van der Waals surface area contributed by atoms with Crippen LogP contribution in [-0.4, -0.2) is 9.97 Å². The molecule has 0 aliphatic heterocycles. The predicted octanol–water partition coefficient (Wildman–Crippen LogP) is 3.00. The Bertz CT molecular complexity index is 770. The molecule has 0 amide bonds. The van der Waals surface area contributed by atoms with Crippen molar-refractivity contribution in [3.05, 3.63) is 53.6 Å². The van der Waals surface area contributed by atoms with Crippen LogP contribution in [0, 0.1) is 11.6 Å². The van der Waals surface area contributed by atoms with Gasteiger partial charge in [0.15, 0.2) is 5.95 Å². The molecule has 0 fully saturated rings. The van der Waals surface area contributed by atoms with Crippen LogP contribution in [-0.2, 0) is 6.61 Å². The maximum atomic E-state index is 13.5. The molecule has 102 valence electrons. The summed E-state index contributed by atoms with van der Waals surface area (Å²) in [7, 11) is 0.